The first-order chi connectivity index (χ1) is 16.1. The van der Waals surface area contributed by atoms with Crippen molar-refractivity contribution in [1.29, 1.82) is 0 Å². The van der Waals surface area contributed by atoms with Gasteiger partial charge in [0, 0.05) is 17.7 Å². The second kappa shape index (κ2) is 7.43. The second-order valence-electron chi connectivity index (χ2n) is 8.28. The molecule has 0 spiro atoms. The van der Waals surface area contributed by atoms with E-state index in [0.29, 0.717) is 5.56 Å². The van der Waals surface area contributed by atoms with Gasteiger partial charge in [-0.05, 0) is 0 Å². The Balaban J connectivity index is 1.58. The summed E-state index contributed by atoms with van der Waals surface area (Å²) in [4.78, 5) is 24.6. The molecule has 2 bridgehead atoms. The Morgan fingerprint density at radius 2 is 1.82 bits per heavy atom. The third-order valence-electron chi connectivity index (χ3n) is 6.25. The van der Waals surface area contributed by atoms with E-state index in [-0.39, 0.29) is 16.7 Å². The number of hydrogen-bond donors (Lipinski definition) is 5. The predicted molar refractivity (Wildman–Crippen MR) is 113 cm³/mol. The third kappa shape index (κ3) is 2.98. The fraction of sp³-hybridized carbons (Fsp3) is 0.304. The molecular weight excluding hydrogens is 452 g/mol. The highest BCUT2D eigenvalue weighted by Crippen LogP contribution is 2.55. The Bertz CT molecular complexity index is 1350. The van der Waals surface area contributed by atoms with Crippen molar-refractivity contribution in [1.82, 2.24) is 0 Å². The standard InChI is InChI=1S/C23H20O11/c1-31-20(28)18-19(27)22(30)9-23(34-18,21(22)29)33-14-8-13-15(17(26)16(14)25)11(24)7-12(32-13)10-5-3-2-4-6-10/h2-8,18-19,21,25-27,29-30H,9H2,1H3/t18?,19-,21?,22?,23?/m1/s1. The highest BCUT2D eigenvalue weighted by atomic mass is 16.7. The van der Waals surface area contributed by atoms with E-state index in [2.05, 4.69) is 4.74 Å². The number of ether oxygens (including phenoxy) is 3. The summed E-state index contributed by atoms with van der Waals surface area (Å²) in [6.07, 6.45) is -5.78. The van der Waals surface area contributed by atoms with E-state index in [1.165, 1.54) is 6.07 Å². The van der Waals surface area contributed by atoms with Gasteiger partial charge in [0.05, 0.1) is 13.5 Å². The van der Waals surface area contributed by atoms with Crippen molar-refractivity contribution in [2.24, 2.45) is 0 Å². The predicted octanol–water partition coefficient (Wildman–Crippen LogP) is 0.375. The molecule has 34 heavy (non-hydrogen) atoms. The highest BCUT2D eigenvalue weighted by Gasteiger charge is 2.76. The maximum atomic E-state index is 12.7. The van der Waals surface area contributed by atoms with Gasteiger partial charge in [0.1, 0.15) is 28.4 Å². The van der Waals surface area contributed by atoms with Crippen molar-refractivity contribution < 1.29 is 49.0 Å². The van der Waals surface area contributed by atoms with E-state index >= 15 is 0 Å². The molecule has 1 saturated carbocycles. The summed E-state index contributed by atoms with van der Waals surface area (Å²) in [5.74, 6) is -5.04. The molecule has 5 N–H and O–H groups in total. The van der Waals surface area contributed by atoms with Gasteiger partial charge in [0.15, 0.2) is 29.1 Å². The minimum absolute atomic E-state index is 0.141. The summed E-state index contributed by atoms with van der Waals surface area (Å²) in [5, 5.41) is 52.1. The number of carbonyl (C=O) groups is 1. The summed E-state index contributed by atoms with van der Waals surface area (Å²) in [6.45, 7) is 0. The lowest BCUT2D eigenvalue weighted by Crippen LogP contribution is -2.84. The van der Waals surface area contributed by atoms with Gasteiger partial charge in [-0.2, -0.15) is 0 Å². The van der Waals surface area contributed by atoms with Crippen molar-refractivity contribution in [3.05, 3.63) is 52.7 Å². The Morgan fingerprint density at radius 1 is 1.12 bits per heavy atom. The Labute approximate surface area is 191 Å². The van der Waals surface area contributed by atoms with E-state index < -0.39 is 64.8 Å². The molecule has 2 aliphatic heterocycles. The van der Waals surface area contributed by atoms with Crippen LogP contribution in [0, 0.1) is 0 Å². The van der Waals surface area contributed by atoms with Gasteiger partial charge >= 0.3 is 5.97 Å². The first-order valence-corrected chi connectivity index (χ1v) is 10.2. The monoisotopic (exact) mass is 472 g/mol. The summed E-state index contributed by atoms with van der Waals surface area (Å²) in [6, 6.07) is 11.0. The highest BCUT2D eigenvalue weighted by molar-refractivity contribution is 5.89. The minimum atomic E-state index is -2.14. The van der Waals surface area contributed by atoms with Crippen LogP contribution in [0.25, 0.3) is 22.3 Å². The molecule has 2 saturated heterocycles. The van der Waals surface area contributed by atoms with Crippen LogP contribution in [0.4, 0.5) is 0 Å². The molecule has 3 fully saturated rings. The summed E-state index contributed by atoms with van der Waals surface area (Å²) >= 11 is 0. The summed E-state index contributed by atoms with van der Waals surface area (Å²) in [5.41, 5.74) is -2.32. The zero-order valence-electron chi connectivity index (χ0n) is 17.7. The zero-order valence-corrected chi connectivity index (χ0v) is 17.7. The van der Waals surface area contributed by atoms with Gasteiger partial charge in [-0.3, -0.25) is 4.79 Å². The number of rotatable bonds is 4. The van der Waals surface area contributed by atoms with Crippen LogP contribution in [0.1, 0.15) is 6.42 Å². The number of aromatic hydroxyl groups is 2. The molecule has 1 aliphatic carbocycles. The number of phenolic OH excluding ortho intramolecular Hbond substituents is 2. The number of aliphatic hydroxyl groups is 3. The normalized spacial score (nSPS) is 29.9. The number of hydrogen-bond acceptors (Lipinski definition) is 11. The van der Waals surface area contributed by atoms with Gasteiger partial charge in [-0.25, -0.2) is 4.79 Å². The first kappa shape index (κ1) is 22.2. The number of fused-ring (bicyclic) bond motifs is 3. The Hall–Kier alpha value is -3.64. The van der Waals surface area contributed by atoms with Gasteiger partial charge in [-0.1, -0.05) is 30.3 Å². The topological polar surface area (TPSA) is 176 Å². The number of aliphatic hydroxyl groups excluding tert-OH is 2. The van der Waals surface area contributed by atoms with Crippen LogP contribution >= 0.6 is 0 Å². The fourth-order valence-corrected chi connectivity index (χ4v) is 4.44. The summed E-state index contributed by atoms with van der Waals surface area (Å²) in [7, 11) is 1.05. The van der Waals surface area contributed by atoms with E-state index in [1.807, 2.05) is 0 Å². The maximum absolute atomic E-state index is 12.7. The number of benzene rings is 2. The fourth-order valence-electron chi connectivity index (χ4n) is 4.44. The quantitative estimate of drug-likeness (QED) is 0.262. The first-order valence-electron chi connectivity index (χ1n) is 10.2. The van der Waals surface area contributed by atoms with Crippen LogP contribution < -0.4 is 10.2 Å². The number of methoxy groups -OCH3 is 1. The van der Waals surface area contributed by atoms with Gasteiger partial charge in [-0.15, -0.1) is 0 Å². The average molecular weight is 472 g/mol. The van der Waals surface area contributed by atoms with Crippen LogP contribution in [-0.2, 0) is 14.3 Å². The van der Waals surface area contributed by atoms with Crippen molar-refractivity contribution in [3.63, 3.8) is 0 Å². The Kier molecular flexibility index (Phi) is 4.85. The second-order valence-corrected chi connectivity index (χ2v) is 8.28. The van der Waals surface area contributed by atoms with Crippen molar-refractivity contribution in [3.8, 4) is 28.6 Å². The summed E-state index contributed by atoms with van der Waals surface area (Å²) < 4.78 is 21.4. The molecule has 4 unspecified atom stereocenters. The third-order valence-corrected chi connectivity index (χ3v) is 6.25. The van der Waals surface area contributed by atoms with Crippen LogP contribution in [0.5, 0.6) is 17.2 Å². The number of carbonyl (C=O) groups excluding carboxylic acids is 1. The molecule has 3 aliphatic rings. The van der Waals surface area contributed by atoms with Gasteiger partial charge < -0.3 is 44.2 Å². The molecular formula is C23H20O11. The zero-order chi connectivity index (χ0) is 24.4. The Morgan fingerprint density at radius 3 is 2.47 bits per heavy atom. The van der Waals surface area contributed by atoms with E-state index in [0.717, 1.165) is 13.2 Å². The molecule has 0 radical (unpaired) electrons. The largest absolute Gasteiger partial charge is 0.504 e. The van der Waals surface area contributed by atoms with E-state index in [1.54, 1.807) is 30.3 Å². The van der Waals surface area contributed by atoms with Gasteiger partial charge in [0.2, 0.25) is 11.5 Å². The average Bonchev–Trinajstić information content (AvgIpc) is 2.83. The van der Waals surface area contributed by atoms with Gasteiger partial charge in [0.25, 0.3) is 0 Å². The lowest BCUT2D eigenvalue weighted by molar-refractivity contribution is -0.434. The van der Waals surface area contributed by atoms with E-state index in [9.17, 15) is 35.1 Å². The minimum Gasteiger partial charge on any atom is -0.504 e. The van der Waals surface area contributed by atoms with Crippen LogP contribution in [0.2, 0.25) is 0 Å². The molecule has 0 amide bonds. The van der Waals surface area contributed by atoms with Crippen LogP contribution in [0.3, 0.4) is 0 Å². The maximum Gasteiger partial charge on any atom is 0.338 e. The molecule has 6 rings (SSSR count). The lowest BCUT2D eigenvalue weighted by atomic mass is 9.64. The molecule has 1 aromatic heterocycles. The molecule has 3 heterocycles. The lowest BCUT2D eigenvalue weighted by Gasteiger charge is -2.62. The smallest absolute Gasteiger partial charge is 0.338 e. The molecule has 3 aromatic rings. The molecule has 11 nitrogen and oxygen atoms in total. The molecule has 11 heteroatoms. The van der Waals surface area contributed by atoms with E-state index in [4.69, 9.17) is 13.9 Å². The van der Waals surface area contributed by atoms with Crippen molar-refractivity contribution >= 4 is 16.9 Å². The van der Waals surface area contributed by atoms with Crippen LogP contribution in [-0.4, -0.2) is 68.3 Å². The van der Waals surface area contributed by atoms with Crippen molar-refractivity contribution in [2.45, 2.75) is 36.1 Å². The number of esters is 1. The molecule has 2 aromatic carbocycles. The van der Waals surface area contributed by atoms with Crippen LogP contribution in [0.15, 0.2) is 51.7 Å². The molecule has 5 atom stereocenters. The SMILES string of the molecule is COC(=O)C1OC2(Oc3cc4oc(-c5ccccc5)cc(=O)c4c(O)c3O)CC(O)(C2O)[C@@H]1O. The number of phenols is 2. The van der Waals surface area contributed by atoms with Crippen molar-refractivity contribution in [2.75, 3.05) is 7.11 Å². The molecule has 178 valence electrons.